The molecule has 0 N–H and O–H groups in total. The summed E-state index contributed by atoms with van der Waals surface area (Å²) in [6.07, 6.45) is 4.29. The van der Waals surface area contributed by atoms with E-state index in [1.165, 1.54) is 13.2 Å². The lowest BCUT2D eigenvalue weighted by atomic mass is 10.1. The monoisotopic (exact) mass is 336 g/mol. The van der Waals surface area contributed by atoms with E-state index in [1.54, 1.807) is 18.2 Å². The molecule has 6 nitrogen and oxygen atoms in total. The highest BCUT2D eigenvalue weighted by Gasteiger charge is 2.09. The molecule has 126 valence electrons. The Hall–Kier alpha value is -3.41. The van der Waals surface area contributed by atoms with Crippen LogP contribution in [0.25, 0.3) is 17.0 Å². The Kier molecular flexibility index (Phi) is 4.61. The number of benzene rings is 2. The van der Waals surface area contributed by atoms with Crippen LogP contribution in [-0.4, -0.2) is 22.6 Å². The molecular weight excluding hydrogens is 320 g/mol. The normalized spacial score (nSPS) is 11.1. The molecule has 25 heavy (non-hydrogen) atoms. The molecule has 0 saturated carbocycles. The third-order valence-electron chi connectivity index (χ3n) is 3.90. The first-order valence-electron chi connectivity index (χ1n) is 7.65. The van der Waals surface area contributed by atoms with Gasteiger partial charge in [0, 0.05) is 35.3 Å². The molecule has 0 fully saturated rings. The first-order chi connectivity index (χ1) is 12.1. The van der Waals surface area contributed by atoms with Crippen LogP contribution in [0, 0.1) is 10.1 Å². The van der Waals surface area contributed by atoms with Gasteiger partial charge in [0.1, 0.15) is 0 Å². The number of nitro groups is 1. The number of aromatic nitrogens is 1. The third-order valence-corrected chi connectivity index (χ3v) is 3.90. The summed E-state index contributed by atoms with van der Waals surface area (Å²) >= 11 is 0. The summed E-state index contributed by atoms with van der Waals surface area (Å²) in [5, 5.41) is 11.5. The summed E-state index contributed by atoms with van der Waals surface area (Å²) < 4.78 is 6.76. The summed E-state index contributed by atoms with van der Waals surface area (Å²) in [5.41, 5.74) is 3.17. The third kappa shape index (κ3) is 3.58. The van der Waals surface area contributed by atoms with Gasteiger partial charge in [0.05, 0.1) is 17.6 Å². The summed E-state index contributed by atoms with van der Waals surface area (Å²) in [5.74, 6) is -0.381. The summed E-state index contributed by atoms with van der Waals surface area (Å²) in [4.78, 5) is 21.8. The average molecular weight is 336 g/mol. The Balaban J connectivity index is 1.99. The van der Waals surface area contributed by atoms with Gasteiger partial charge in [0.2, 0.25) is 6.20 Å². The minimum atomic E-state index is -0.480. The van der Waals surface area contributed by atoms with E-state index in [0.717, 1.165) is 28.2 Å². The molecule has 0 amide bonds. The van der Waals surface area contributed by atoms with E-state index < -0.39 is 4.92 Å². The van der Waals surface area contributed by atoms with Gasteiger partial charge in [-0.1, -0.05) is 30.3 Å². The standard InChI is InChI=1S/C19H16N2O4/c1-25-19(22)15-6-4-5-14(11-15)12-20-13-16(9-10-21(23)24)17-7-2-3-8-18(17)20/h2-11,13H,12H2,1H3/b10-9-. The number of hydrogen-bond donors (Lipinski definition) is 0. The van der Waals surface area contributed by atoms with Crippen molar-refractivity contribution in [3.63, 3.8) is 0 Å². The van der Waals surface area contributed by atoms with Gasteiger partial charge in [-0.25, -0.2) is 4.79 Å². The topological polar surface area (TPSA) is 74.4 Å². The van der Waals surface area contributed by atoms with Gasteiger partial charge in [0.15, 0.2) is 0 Å². The van der Waals surface area contributed by atoms with Crippen molar-refractivity contribution in [2.75, 3.05) is 7.11 Å². The molecule has 0 radical (unpaired) electrons. The SMILES string of the molecule is COC(=O)c1cccc(Cn2cc(/C=C\[N+](=O)[O-])c3ccccc32)c1. The minimum Gasteiger partial charge on any atom is -0.465 e. The molecule has 3 rings (SSSR count). The van der Waals surface area contributed by atoms with Crippen LogP contribution in [0.2, 0.25) is 0 Å². The lowest BCUT2D eigenvalue weighted by molar-refractivity contribution is -0.400. The van der Waals surface area contributed by atoms with Crippen LogP contribution < -0.4 is 0 Å². The van der Waals surface area contributed by atoms with Gasteiger partial charge in [-0.05, 0) is 23.8 Å². The quantitative estimate of drug-likeness (QED) is 0.404. The van der Waals surface area contributed by atoms with E-state index >= 15 is 0 Å². The molecule has 0 spiro atoms. The van der Waals surface area contributed by atoms with E-state index in [1.807, 2.05) is 41.1 Å². The molecule has 0 atom stereocenters. The highest BCUT2D eigenvalue weighted by Crippen LogP contribution is 2.23. The Bertz CT molecular complexity index is 972. The Morgan fingerprint density at radius 1 is 1.24 bits per heavy atom. The molecule has 6 heteroatoms. The molecule has 3 aromatic rings. The highest BCUT2D eigenvalue weighted by molar-refractivity contribution is 5.90. The summed E-state index contributed by atoms with van der Waals surface area (Å²) in [6, 6.07) is 14.9. The van der Waals surface area contributed by atoms with E-state index in [4.69, 9.17) is 4.74 Å². The van der Waals surface area contributed by atoms with Gasteiger partial charge < -0.3 is 9.30 Å². The molecule has 0 aliphatic rings. The number of methoxy groups -OCH3 is 1. The van der Waals surface area contributed by atoms with Gasteiger partial charge >= 0.3 is 5.97 Å². The zero-order chi connectivity index (χ0) is 17.8. The second kappa shape index (κ2) is 7.00. The number of nitrogens with zero attached hydrogens (tertiary/aromatic N) is 2. The van der Waals surface area contributed by atoms with Gasteiger partial charge in [-0.15, -0.1) is 0 Å². The Labute approximate surface area is 144 Å². The van der Waals surface area contributed by atoms with Gasteiger partial charge in [-0.2, -0.15) is 0 Å². The fraction of sp³-hybridized carbons (Fsp3) is 0.105. The number of hydrogen-bond acceptors (Lipinski definition) is 4. The number of esters is 1. The van der Waals surface area contributed by atoms with Crippen LogP contribution in [0.1, 0.15) is 21.5 Å². The number of para-hydroxylation sites is 1. The zero-order valence-electron chi connectivity index (χ0n) is 13.6. The fourth-order valence-electron chi connectivity index (χ4n) is 2.79. The van der Waals surface area contributed by atoms with Crippen LogP contribution in [-0.2, 0) is 11.3 Å². The highest BCUT2D eigenvalue weighted by atomic mass is 16.6. The molecular formula is C19H16N2O4. The number of fused-ring (bicyclic) bond motifs is 1. The molecule has 1 aromatic heterocycles. The largest absolute Gasteiger partial charge is 0.465 e. The molecule has 1 heterocycles. The second-order valence-electron chi connectivity index (χ2n) is 5.52. The predicted octanol–water partition coefficient (Wildman–Crippen LogP) is 3.72. The maximum atomic E-state index is 11.7. The molecule has 0 saturated heterocycles. The van der Waals surface area contributed by atoms with Crippen LogP contribution >= 0.6 is 0 Å². The van der Waals surface area contributed by atoms with Crippen LogP contribution in [0.15, 0.2) is 60.9 Å². The molecule has 0 aliphatic carbocycles. The lowest BCUT2D eigenvalue weighted by Crippen LogP contribution is -2.03. The number of carbonyl (C=O) groups is 1. The average Bonchev–Trinajstić information content (AvgIpc) is 2.97. The van der Waals surface area contributed by atoms with E-state index in [9.17, 15) is 14.9 Å². The van der Waals surface area contributed by atoms with Crippen molar-refractivity contribution in [1.29, 1.82) is 0 Å². The molecule has 2 aromatic carbocycles. The van der Waals surface area contributed by atoms with Crippen molar-refractivity contribution in [2.24, 2.45) is 0 Å². The first kappa shape index (κ1) is 16.4. The van der Waals surface area contributed by atoms with Crippen molar-refractivity contribution < 1.29 is 14.5 Å². The molecule has 0 unspecified atom stereocenters. The number of rotatable bonds is 5. The van der Waals surface area contributed by atoms with E-state index in [-0.39, 0.29) is 5.97 Å². The van der Waals surface area contributed by atoms with Crippen molar-refractivity contribution in [3.05, 3.63) is 87.7 Å². The van der Waals surface area contributed by atoms with Crippen LogP contribution in [0.4, 0.5) is 0 Å². The smallest absolute Gasteiger partial charge is 0.337 e. The Morgan fingerprint density at radius 2 is 2.04 bits per heavy atom. The summed E-state index contributed by atoms with van der Waals surface area (Å²) in [6.45, 7) is 0.539. The first-order valence-corrected chi connectivity index (χ1v) is 7.65. The van der Waals surface area contributed by atoms with Crippen molar-refractivity contribution in [1.82, 2.24) is 4.57 Å². The lowest BCUT2D eigenvalue weighted by Gasteiger charge is -2.07. The van der Waals surface area contributed by atoms with Crippen LogP contribution in [0.3, 0.4) is 0 Å². The maximum Gasteiger partial charge on any atom is 0.337 e. The Morgan fingerprint density at radius 3 is 2.80 bits per heavy atom. The van der Waals surface area contributed by atoms with Crippen molar-refractivity contribution in [2.45, 2.75) is 6.54 Å². The summed E-state index contributed by atoms with van der Waals surface area (Å²) in [7, 11) is 1.35. The van der Waals surface area contributed by atoms with E-state index in [0.29, 0.717) is 12.1 Å². The van der Waals surface area contributed by atoms with E-state index in [2.05, 4.69) is 0 Å². The van der Waals surface area contributed by atoms with Crippen molar-refractivity contribution in [3.8, 4) is 0 Å². The van der Waals surface area contributed by atoms with Gasteiger partial charge in [-0.3, -0.25) is 10.1 Å². The molecule has 0 aliphatic heterocycles. The second-order valence-corrected chi connectivity index (χ2v) is 5.52. The molecule has 0 bridgehead atoms. The fourth-order valence-corrected chi connectivity index (χ4v) is 2.79. The number of carbonyl (C=O) groups excluding carboxylic acids is 1. The maximum absolute atomic E-state index is 11.7. The number of ether oxygens (including phenoxy) is 1. The predicted molar refractivity (Wildman–Crippen MR) is 94.8 cm³/mol. The zero-order valence-corrected chi connectivity index (χ0v) is 13.6. The van der Waals surface area contributed by atoms with Crippen molar-refractivity contribution >= 4 is 22.9 Å². The minimum absolute atomic E-state index is 0.381. The van der Waals surface area contributed by atoms with Gasteiger partial charge in [0.25, 0.3) is 0 Å². The van der Waals surface area contributed by atoms with Crippen LogP contribution in [0.5, 0.6) is 0 Å².